The third-order valence-electron chi connectivity index (χ3n) is 3.53. The molecule has 1 aliphatic heterocycles. The maximum Gasteiger partial charge on any atom is 0.242 e. The Labute approximate surface area is 123 Å². The SMILES string of the molecule is CCCCC1=Nc2cnc3ccccc3c2N(C(C)=O)N1. The molecule has 0 radical (unpaired) electrons. The molecule has 108 valence electrons. The predicted molar refractivity (Wildman–Crippen MR) is 84.7 cm³/mol. The molecule has 21 heavy (non-hydrogen) atoms. The first-order valence-corrected chi connectivity index (χ1v) is 7.23. The highest BCUT2D eigenvalue weighted by atomic mass is 16.2. The first-order chi connectivity index (χ1) is 10.2. The Bertz CT molecular complexity index is 723. The smallest absolute Gasteiger partial charge is 0.242 e. The number of carbonyl (C=O) groups excluding carboxylic acids is 1. The van der Waals surface area contributed by atoms with Crippen molar-refractivity contribution in [3.05, 3.63) is 30.5 Å². The summed E-state index contributed by atoms with van der Waals surface area (Å²) >= 11 is 0. The second-order valence-corrected chi connectivity index (χ2v) is 5.14. The van der Waals surface area contributed by atoms with Crippen LogP contribution in [0.15, 0.2) is 35.5 Å². The number of amides is 1. The van der Waals surface area contributed by atoms with Gasteiger partial charge in [-0.05, 0) is 12.5 Å². The van der Waals surface area contributed by atoms with Crippen LogP contribution < -0.4 is 10.4 Å². The molecule has 2 aromatic rings. The average molecular weight is 282 g/mol. The van der Waals surface area contributed by atoms with Crippen LogP contribution in [0.25, 0.3) is 10.9 Å². The number of aliphatic imine (C=N–C) groups is 1. The lowest BCUT2D eigenvalue weighted by Crippen LogP contribution is -2.47. The Morgan fingerprint density at radius 1 is 1.33 bits per heavy atom. The monoisotopic (exact) mass is 282 g/mol. The van der Waals surface area contributed by atoms with Gasteiger partial charge in [-0.15, -0.1) is 0 Å². The molecule has 1 amide bonds. The number of nitrogens with zero attached hydrogens (tertiary/aromatic N) is 3. The van der Waals surface area contributed by atoms with E-state index in [9.17, 15) is 4.79 Å². The zero-order valence-electron chi connectivity index (χ0n) is 12.3. The highest BCUT2D eigenvalue weighted by molar-refractivity contribution is 6.10. The highest BCUT2D eigenvalue weighted by Crippen LogP contribution is 2.36. The van der Waals surface area contributed by atoms with Gasteiger partial charge in [-0.25, -0.2) is 10.0 Å². The van der Waals surface area contributed by atoms with Gasteiger partial charge >= 0.3 is 0 Å². The Morgan fingerprint density at radius 2 is 2.14 bits per heavy atom. The van der Waals surface area contributed by atoms with E-state index >= 15 is 0 Å². The Hall–Kier alpha value is -2.43. The van der Waals surface area contributed by atoms with Gasteiger partial charge in [0.1, 0.15) is 17.2 Å². The zero-order chi connectivity index (χ0) is 14.8. The fraction of sp³-hybridized carbons (Fsp3) is 0.312. The number of rotatable bonds is 3. The Kier molecular flexibility index (Phi) is 3.56. The van der Waals surface area contributed by atoms with Crippen LogP contribution in [-0.4, -0.2) is 16.7 Å². The second kappa shape index (κ2) is 5.52. The normalized spacial score (nSPS) is 13.6. The lowest BCUT2D eigenvalue weighted by atomic mass is 10.1. The number of hydrogen-bond donors (Lipinski definition) is 1. The molecule has 0 saturated carbocycles. The van der Waals surface area contributed by atoms with Gasteiger partial charge in [-0.3, -0.25) is 15.2 Å². The topological polar surface area (TPSA) is 57.6 Å². The second-order valence-electron chi connectivity index (χ2n) is 5.14. The number of aromatic nitrogens is 1. The summed E-state index contributed by atoms with van der Waals surface area (Å²) in [5, 5.41) is 2.51. The third kappa shape index (κ3) is 2.46. The zero-order valence-corrected chi connectivity index (χ0v) is 12.3. The lowest BCUT2D eigenvalue weighted by Gasteiger charge is -2.30. The summed E-state index contributed by atoms with van der Waals surface area (Å²) in [4.78, 5) is 21.1. The molecule has 1 aromatic heterocycles. The van der Waals surface area contributed by atoms with Crippen molar-refractivity contribution >= 4 is 34.0 Å². The number of nitrogens with one attached hydrogen (secondary N) is 1. The van der Waals surface area contributed by atoms with Crippen molar-refractivity contribution in [1.29, 1.82) is 0 Å². The number of benzene rings is 1. The van der Waals surface area contributed by atoms with Crippen molar-refractivity contribution in [3.8, 4) is 0 Å². The molecule has 0 bridgehead atoms. The fourth-order valence-electron chi connectivity index (χ4n) is 2.48. The van der Waals surface area contributed by atoms with Crippen molar-refractivity contribution in [2.75, 3.05) is 5.01 Å². The van der Waals surface area contributed by atoms with Gasteiger partial charge in [0.05, 0.1) is 11.7 Å². The minimum Gasteiger partial charge on any atom is -0.278 e. The molecule has 0 spiro atoms. The molecule has 2 heterocycles. The maximum absolute atomic E-state index is 12.0. The van der Waals surface area contributed by atoms with Crippen LogP contribution in [0.1, 0.15) is 33.1 Å². The van der Waals surface area contributed by atoms with Gasteiger partial charge in [-0.2, -0.15) is 0 Å². The molecular weight excluding hydrogens is 264 g/mol. The number of para-hydroxylation sites is 1. The number of pyridine rings is 1. The van der Waals surface area contributed by atoms with Crippen LogP contribution in [0.2, 0.25) is 0 Å². The van der Waals surface area contributed by atoms with Crippen LogP contribution in [-0.2, 0) is 4.79 Å². The van der Waals surface area contributed by atoms with Gasteiger partial charge in [-0.1, -0.05) is 31.5 Å². The van der Waals surface area contributed by atoms with Crippen LogP contribution in [0.4, 0.5) is 11.4 Å². The van der Waals surface area contributed by atoms with Crippen LogP contribution in [0.3, 0.4) is 0 Å². The fourth-order valence-corrected chi connectivity index (χ4v) is 2.48. The molecule has 0 aliphatic carbocycles. The molecule has 0 unspecified atom stereocenters. The van der Waals surface area contributed by atoms with Crippen LogP contribution in [0, 0.1) is 0 Å². The molecule has 0 saturated heterocycles. The molecule has 1 aromatic carbocycles. The Morgan fingerprint density at radius 3 is 2.90 bits per heavy atom. The number of hydrogen-bond acceptors (Lipinski definition) is 4. The summed E-state index contributed by atoms with van der Waals surface area (Å²) < 4.78 is 0. The van der Waals surface area contributed by atoms with Crippen molar-refractivity contribution in [2.24, 2.45) is 4.99 Å². The number of amidine groups is 1. The summed E-state index contributed by atoms with van der Waals surface area (Å²) in [6.07, 6.45) is 4.68. The molecule has 1 N–H and O–H groups in total. The maximum atomic E-state index is 12.0. The largest absolute Gasteiger partial charge is 0.278 e. The van der Waals surface area contributed by atoms with Gasteiger partial charge < -0.3 is 0 Å². The predicted octanol–water partition coefficient (Wildman–Crippen LogP) is 3.33. The third-order valence-corrected chi connectivity index (χ3v) is 3.53. The average Bonchev–Trinajstić information content (AvgIpc) is 2.51. The van der Waals surface area contributed by atoms with Crippen molar-refractivity contribution in [1.82, 2.24) is 10.4 Å². The molecule has 1 aliphatic rings. The number of unbranched alkanes of at least 4 members (excludes halogenated alkanes) is 1. The summed E-state index contributed by atoms with van der Waals surface area (Å²) in [6, 6.07) is 7.78. The quantitative estimate of drug-likeness (QED) is 0.939. The minimum absolute atomic E-state index is 0.0588. The summed E-state index contributed by atoms with van der Waals surface area (Å²) in [7, 11) is 0. The van der Waals surface area contributed by atoms with Crippen molar-refractivity contribution in [2.45, 2.75) is 33.1 Å². The summed E-state index contributed by atoms with van der Waals surface area (Å²) in [5.41, 5.74) is 5.53. The van der Waals surface area contributed by atoms with Gasteiger partial charge in [0.25, 0.3) is 0 Å². The highest BCUT2D eigenvalue weighted by Gasteiger charge is 2.24. The summed E-state index contributed by atoms with van der Waals surface area (Å²) in [5.74, 6) is 0.758. The number of anilines is 1. The van der Waals surface area contributed by atoms with Crippen LogP contribution >= 0.6 is 0 Å². The minimum atomic E-state index is -0.0588. The number of fused-ring (bicyclic) bond motifs is 3. The molecule has 5 heteroatoms. The molecular formula is C16H18N4O. The van der Waals surface area contributed by atoms with E-state index in [2.05, 4.69) is 22.3 Å². The van der Waals surface area contributed by atoms with Crippen LogP contribution in [0.5, 0.6) is 0 Å². The van der Waals surface area contributed by atoms with E-state index in [0.29, 0.717) is 0 Å². The number of hydrazine groups is 1. The van der Waals surface area contributed by atoms with Crippen molar-refractivity contribution in [3.63, 3.8) is 0 Å². The Balaban J connectivity index is 2.15. The first kappa shape index (κ1) is 13.5. The van der Waals surface area contributed by atoms with Gasteiger partial charge in [0, 0.05) is 18.7 Å². The number of carbonyl (C=O) groups is 1. The van der Waals surface area contributed by atoms with E-state index in [1.54, 1.807) is 18.1 Å². The van der Waals surface area contributed by atoms with E-state index in [-0.39, 0.29) is 5.91 Å². The molecule has 0 atom stereocenters. The van der Waals surface area contributed by atoms with E-state index in [1.165, 1.54) is 0 Å². The van der Waals surface area contributed by atoms with E-state index < -0.39 is 0 Å². The van der Waals surface area contributed by atoms with Crippen molar-refractivity contribution < 1.29 is 4.79 Å². The molecule has 3 rings (SSSR count). The van der Waals surface area contributed by atoms with E-state index in [4.69, 9.17) is 0 Å². The standard InChI is InChI=1S/C16H18N4O/c1-3-4-9-15-18-14-10-17-13-8-6-5-7-12(13)16(14)20(19-15)11(2)21/h5-8,10H,3-4,9H2,1-2H3,(H,18,19). The van der Waals surface area contributed by atoms with E-state index in [0.717, 1.165) is 47.4 Å². The molecule has 5 nitrogen and oxygen atoms in total. The summed E-state index contributed by atoms with van der Waals surface area (Å²) in [6.45, 7) is 3.68. The molecule has 0 fully saturated rings. The first-order valence-electron chi connectivity index (χ1n) is 7.23. The van der Waals surface area contributed by atoms with Gasteiger partial charge in [0.2, 0.25) is 5.91 Å². The lowest BCUT2D eigenvalue weighted by molar-refractivity contribution is -0.117. The van der Waals surface area contributed by atoms with E-state index in [1.807, 2.05) is 24.3 Å². The van der Waals surface area contributed by atoms with Gasteiger partial charge in [0.15, 0.2) is 0 Å².